The van der Waals surface area contributed by atoms with Gasteiger partial charge in [0.15, 0.2) is 10.9 Å². The second kappa shape index (κ2) is 7.74. The lowest BCUT2D eigenvalue weighted by Crippen LogP contribution is -2.59. The standard InChI is InChI=1S/C25H38O4S/c1-15-20-14-17(28)6-10-23(20,3)18-7-11-24(4)19(21(18)22(15)30-16(2)27)8-12-25(24,29)9-5-13-26/h14-15,18-19,21-22,26,29H,5-13H2,1-4H3/t15?,18-,19+,21-,22?,23-,24+,25?/m1/s1. The topological polar surface area (TPSA) is 74.6 Å². The van der Waals surface area contributed by atoms with E-state index in [1.54, 1.807) is 6.92 Å². The van der Waals surface area contributed by atoms with E-state index in [1.165, 1.54) is 17.3 Å². The number of thioether (sulfide) groups is 1. The van der Waals surface area contributed by atoms with Crippen molar-refractivity contribution in [3.63, 3.8) is 0 Å². The molecule has 30 heavy (non-hydrogen) atoms. The van der Waals surface area contributed by atoms with Crippen LogP contribution in [-0.2, 0) is 9.59 Å². The Morgan fingerprint density at radius 2 is 1.90 bits per heavy atom. The van der Waals surface area contributed by atoms with Gasteiger partial charge in [-0.2, -0.15) is 0 Å². The predicted molar refractivity (Wildman–Crippen MR) is 120 cm³/mol. The Balaban J connectivity index is 1.77. The van der Waals surface area contributed by atoms with Gasteiger partial charge in [-0.1, -0.05) is 38.1 Å². The van der Waals surface area contributed by atoms with Crippen LogP contribution >= 0.6 is 11.8 Å². The molecule has 0 saturated heterocycles. The van der Waals surface area contributed by atoms with Crippen molar-refractivity contribution < 1.29 is 19.8 Å². The SMILES string of the molecule is CC(=O)SC1C(C)C2=CC(=O)CC[C@]2(C)[C@@H]2CC[C@@]3(C)[C@@H](CCC3(O)CCCO)[C@H]12. The Labute approximate surface area is 185 Å². The van der Waals surface area contributed by atoms with Crippen LogP contribution in [0.4, 0.5) is 0 Å². The van der Waals surface area contributed by atoms with Gasteiger partial charge in [0.1, 0.15) is 0 Å². The molecule has 4 aliphatic rings. The van der Waals surface area contributed by atoms with E-state index in [0.717, 1.165) is 32.1 Å². The molecule has 5 heteroatoms. The number of ketones is 1. The van der Waals surface area contributed by atoms with E-state index in [4.69, 9.17) is 0 Å². The third-order valence-corrected chi connectivity index (χ3v) is 11.1. The molecule has 168 valence electrons. The molecular weight excluding hydrogens is 396 g/mol. The van der Waals surface area contributed by atoms with E-state index in [-0.39, 0.29) is 39.5 Å². The highest BCUT2D eigenvalue weighted by atomic mass is 32.2. The van der Waals surface area contributed by atoms with E-state index in [1.807, 2.05) is 6.08 Å². The van der Waals surface area contributed by atoms with Crippen LogP contribution in [0, 0.1) is 34.5 Å². The minimum Gasteiger partial charge on any atom is -0.396 e. The predicted octanol–water partition coefficient (Wildman–Crippen LogP) is 4.53. The first-order chi connectivity index (χ1) is 14.1. The van der Waals surface area contributed by atoms with Gasteiger partial charge in [0.2, 0.25) is 0 Å². The van der Waals surface area contributed by atoms with E-state index < -0.39 is 5.60 Å². The van der Waals surface area contributed by atoms with Gasteiger partial charge in [-0.15, -0.1) is 0 Å². The lowest BCUT2D eigenvalue weighted by atomic mass is 9.44. The van der Waals surface area contributed by atoms with Crippen LogP contribution in [0.25, 0.3) is 0 Å². The van der Waals surface area contributed by atoms with Crippen LogP contribution < -0.4 is 0 Å². The first kappa shape index (κ1) is 22.5. The summed E-state index contributed by atoms with van der Waals surface area (Å²) in [5.41, 5.74) is 0.412. The number of rotatable bonds is 4. The molecule has 0 spiro atoms. The van der Waals surface area contributed by atoms with Crippen LogP contribution in [0.2, 0.25) is 0 Å². The summed E-state index contributed by atoms with van der Waals surface area (Å²) in [7, 11) is 0. The van der Waals surface area contributed by atoms with Crippen molar-refractivity contribution in [1.29, 1.82) is 0 Å². The number of carbonyl (C=O) groups is 2. The lowest BCUT2D eigenvalue weighted by Gasteiger charge is -2.62. The third-order valence-electron chi connectivity index (χ3n) is 9.75. The molecule has 3 saturated carbocycles. The maximum absolute atomic E-state index is 12.3. The van der Waals surface area contributed by atoms with Gasteiger partial charge in [0.05, 0.1) is 5.60 Å². The van der Waals surface area contributed by atoms with Gasteiger partial charge >= 0.3 is 0 Å². The first-order valence-corrected chi connectivity index (χ1v) is 12.7. The zero-order chi connectivity index (χ0) is 21.9. The molecule has 3 unspecified atom stereocenters. The number of aliphatic hydroxyl groups excluding tert-OH is 1. The smallest absolute Gasteiger partial charge is 0.186 e. The largest absolute Gasteiger partial charge is 0.396 e. The lowest BCUT2D eigenvalue weighted by molar-refractivity contribution is -0.135. The highest BCUT2D eigenvalue weighted by Crippen LogP contribution is 2.70. The van der Waals surface area contributed by atoms with Crippen molar-refractivity contribution >= 4 is 22.7 Å². The van der Waals surface area contributed by atoms with E-state index in [9.17, 15) is 19.8 Å². The summed E-state index contributed by atoms with van der Waals surface area (Å²) >= 11 is 1.48. The van der Waals surface area contributed by atoms with Crippen molar-refractivity contribution in [2.24, 2.45) is 34.5 Å². The second-order valence-corrected chi connectivity index (χ2v) is 12.3. The molecule has 0 aromatic carbocycles. The van der Waals surface area contributed by atoms with Gasteiger partial charge in [0, 0.05) is 25.2 Å². The van der Waals surface area contributed by atoms with Crippen molar-refractivity contribution in [2.45, 2.75) is 89.9 Å². The Hall–Kier alpha value is -0.650. The van der Waals surface area contributed by atoms with Crippen LogP contribution in [0.1, 0.15) is 79.1 Å². The van der Waals surface area contributed by atoms with Crippen LogP contribution in [0.5, 0.6) is 0 Å². The van der Waals surface area contributed by atoms with E-state index >= 15 is 0 Å². The van der Waals surface area contributed by atoms with Gasteiger partial charge in [-0.3, -0.25) is 9.59 Å². The zero-order valence-electron chi connectivity index (χ0n) is 18.9. The zero-order valence-corrected chi connectivity index (χ0v) is 19.8. The van der Waals surface area contributed by atoms with E-state index in [2.05, 4.69) is 20.8 Å². The number of allylic oxidation sites excluding steroid dienone is 1. The average molecular weight is 435 g/mol. The number of aliphatic hydroxyl groups is 2. The summed E-state index contributed by atoms with van der Waals surface area (Å²) in [5.74, 6) is 1.66. The van der Waals surface area contributed by atoms with Gasteiger partial charge in [-0.05, 0) is 85.5 Å². The van der Waals surface area contributed by atoms with Crippen LogP contribution in [-0.4, -0.2) is 38.6 Å². The van der Waals surface area contributed by atoms with Crippen LogP contribution in [0.3, 0.4) is 0 Å². The summed E-state index contributed by atoms with van der Waals surface area (Å²) in [6, 6.07) is 0. The van der Waals surface area contributed by atoms with Crippen molar-refractivity contribution in [2.75, 3.05) is 6.61 Å². The summed E-state index contributed by atoms with van der Waals surface area (Å²) in [4.78, 5) is 24.6. The molecule has 0 aromatic rings. The Morgan fingerprint density at radius 3 is 2.57 bits per heavy atom. The monoisotopic (exact) mass is 434 g/mol. The molecule has 4 nitrogen and oxygen atoms in total. The maximum atomic E-state index is 12.3. The number of carbonyl (C=O) groups excluding carboxylic acids is 2. The van der Waals surface area contributed by atoms with Gasteiger partial charge in [0.25, 0.3) is 0 Å². The first-order valence-electron chi connectivity index (χ1n) is 11.8. The van der Waals surface area contributed by atoms with Crippen molar-refractivity contribution in [3.05, 3.63) is 11.6 Å². The fraction of sp³-hybridized carbons (Fsp3) is 0.840. The third kappa shape index (κ3) is 3.17. The highest BCUT2D eigenvalue weighted by Gasteiger charge is 2.66. The normalized spacial score (nSPS) is 47.9. The molecule has 0 aliphatic heterocycles. The Morgan fingerprint density at radius 1 is 1.20 bits per heavy atom. The molecule has 4 aliphatic carbocycles. The molecular formula is C25H38O4S. The number of hydrogen-bond donors (Lipinski definition) is 2. The van der Waals surface area contributed by atoms with Gasteiger partial charge in [-0.25, -0.2) is 0 Å². The molecule has 0 heterocycles. The molecule has 8 atom stereocenters. The van der Waals surface area contributed by atoms with Crippen LogP contribution in [0.15, 0.2) is 11.6 Å². The Kier molecular flexibility index (Phi) is 5.81. The summed E-state index contributed by atoms with van der Waals surface area (Å²) in [6.07, 6.45) is 8.58. The number of fused-ring (bicyclic) bond motifs is 5. The molecule has 3 fully saturated rings. The maximum Gasteiger partial charge on any atom is 0.186 e. The molecule has 4 rings (SSSR count). The molecule has 0 amide bonds. The minimum atomic E-state index is -0.723. The average Bonchev–Trinajstić information content (AvgIpc) is 2.96. The fourth-order valence-corrected chi connectivity index (χ4v) is 9.43. The van der Waals surface area contributed by atoms with Crippen molar-refractivity contribution in [1.82, 2.24) is 0 Å². The fourth-order valence-electron chi connectivity index (χ4n) is 8.16. The van der Waals surface area contributed by atoms with Crippen molar-refractivity contribution in [3.8, 4) is 0 Å². The Bertz CT molecular complexity index is 762. The molecule has 2 N–H and O–H groups in total. The summed E-state index contributed by atoms with van der Waals surface area (Å²) in [5, 5.41) is 21.4. The number of hydrogen-bond acceptors (Lipinski definition) is 5. The molecule has 0 radical (unpaired) electrons. The van der Waals surface area contributed by atoms with Gasteiger partial charge < -0.3 is 10.2 Å². The van der Waals surface area contributed by atoms with E-state index in [0.29, 0.717) is 37.0 Å². The second-order valence-electron chi connectivity index (χ2n) is 11.0. The summed E-state index contributed by atoms with van der Waals surface area (Å²) < 4.78 is 0. The minimum absolute atomic E-state index is 0.0268. The quantitative estimate of drug-likeness (QED) is 0.680. The molecule has 0 bridgehead atoms. The molecule has 0 aromatic heterocycles. The highest BCUT2D eigenvalue weighted by molar-refractivity contribution is 8.14. The summed E-state index contributed by atoms with van der Waals surface area (Å²) in [6.45, 7) is 8.64.